The van der Waals surface area contributed by atoms with E-state index in [1.54, 1.807) is 0 Å². The fraction of sp³-hybridized carbons (Fsp3) is 0.650. The summed E-state index contributed by atoms with van der Waals surface area (Å²) in [6.07, 6.45) is 5.80. The van der Waals surface area contributed by atoms with E-state index in [0.29, 0.717) is 0 Å². The van der Waals surface area contributed by atoms with Crippen molar-refractivity contribution in [1.29, 1.82) is 0 Å². The van der Waals surface area contributed by atoms with Crippen molar-refractivity contribution >= 4 is 5.91 Å². The molecular formula is C20H30N2O. The Labute approximate surface area is 140 Å². The number of benzene rings is 1. The van der Waals surface area contributed by atoms with E-state index in [9.17, 15) is 4.79 Å². The largest absolute Gasteiger partial charge is 0.348 e. The summed E-state index contributed by atoms with van der Waals surface area (Å²) in [5, 5.41) is 6.76. The van der Waals surface area contributed by atoms with Crippen molar-refractivity contribution in [1.82, 2.24) is 10.6 Å². The standard InChI is InChI=1S/C20H30N2O/c1-20(2,3)16-9-10-17-15(11-16)12-21-13-18(17)22-19(23)14-7-5-4-6-8-14/h9-11,14,18,21H,4-8,12-13H2,1-3H3,(H,22,23). The first-order valence-electron chi connectivity index (χ1n) is 9.09. The number of fused-ring (bicyclic) bond motifs is 1. The molecule has 1 fully saturated rings. The first-order valence-corrected chi connectivity index (χ1v) is 9.09. The van der Waals surface area contributed by atoms with Gasteiger partial charge in [0.2, 0.25) is 5.91 Å². The van der Waals surface area contributed by atoms with Crippen molar-refractivity contribution < 1.29 is 4.79 Å². The predicted molar refractivity (Wildman–Crippen MR) is 94.3 cm³/mol. The highest BCUT2D eigenvalue weighted by Crippen LogP contribution is 2.30. The molecule has 23 heavy (non-hydrogen) atoms. The van der Waals surface area contributed by atoms with Gasteiger partial charge in [-0.1, -0.05) is 58.2 Å². The fourth-order valence-corrected chi connectivity index (χ4v) is 3.81. The zero-order valence-electron chi connectivity index (χ0n) is 14.7. The van der Waals surface area contributed by atoms with Crippen LogP contribution in [0, 0.1) is 5.92 Å². The van der Waals surface area contributed by atoms with Gasteiger partial charge in [0.05, 0.1) is 6.04 Å². The Balaban J connectivity index is 1.75. The maximum atomic E-state index is 12.6. The molecule has 1 atom stereocenters. The molecule has 1 aromatic rings. The van der Waals surface area contributed by atoms with Crippen LogP contribution in [0.25, 0.3) is 0 Å². The van der Waals surface area contributed by atoms with Crippen LogP contribution in [0.2, 0.25) is 0 Å². The van der Waals surface area contributed by atoms with Crippen LogP contribution in [0.5, 0.6) is 0 Å². The van der Waals surface area contributed by atoms with Crippen molar-refractivity contribution in [3.63, 3.8) is 0 Å². The summed E-state index contributed by atoms with van der Waals surface area (Å²) in [6, 6.07) is 6.87. The average Bonchev–Trinajstić information content (AvgIpc) is 2.54. The molecule has 2 aliphatic rings. The monoisotopic (exact) mass is 314 g/mol. The Morgan fingerprint density at radius 1 is 1.17 bits per heavy atom. The van der Waals surface area contributed by atoms with Crippen LogP contribution in [0.3, 0.4) is 0 Å². The van der Waals surface area contributed by atoms with Crippen LogP contribution in [0.15, 0.2) is 18.2 Å². The smallest absolute Gasteiger partial charge is 0.223 e. The van der Waals surface area contributed by atoms with E-state index in [0.717, 1.165) is 25.9 Å². The van der Waals surface area contributed by atoms with Crippen LogP contribution in [0.1, 0.15) is 75.6 Å². The molecule has 3 nitrogen and oxygen atoms in total. The van der Waals surface area contributed by atoms with Crippen molar-refractivity contribution in [2.75, 3.05) is 6.54 Å². The van der Waals surface area contributed by atoms with Gasteiger partial charge < -0.3 is 10.6 Å². The summed E-state index contributed by atoms with van der Waals surface area (Å²) in [7, 11) is 0. The van der Waals surface area contributed by atoms with Crippen molar-refractivity contribution in [2.24, 2.45) is 5.92 Å². The molecule has 0 saturated heterocycles. The highest BCUT2D eigenvalue weighted by molar-refractivity contribution is 5.79. The summed E-state index contributed by atoms with van der Waals surface area (Å²) in [5.74, 6) is 0.479. The molecule has 0 bridgehead atoms. The molecule has 126 valence electrons. The molecule has 0 radical (unpaired) electrons. The van der Waals surface area contributed by atoms with E-state index in [4.69, 9.17) is 0 Å². The maximum absolute atomic E-state index is 12.6. The van der Waals surface area contributed by atoms with Gasteiger partial charge in [0.15, 0.2) is 0 Å². The van der Waals surface area contributed by atoms with Crippen molar-refractivity contribution in [2.45, 2.75) is 70.9 Å². The second kappa shape index (κ2) is 6.64. The Bertz CT molecular complexity index is 567. The summed E-state index contributed by atoms with van der Waals surface area (Å²) < 4.78 is 0. The summed E-state index contributed by atoms with van der Waals surface area (Å²) in [4.78, 5) is 12.6. The first kappa shape index (κ1) is 16.5. The van der Waals surface area contributed by atoms with Gasteiger partial charge in [0.25, 0.3) is 0 Å². The number of amides is 1. The second-order valence-corrected chi connectivity index (χ2v) is 8.19. The third-order valence-electron chi connectivity index (χ3n) is 5.34. The molecule has 1 aliphatic carbocycles. The second-order valence-electron chi connectivity index (χ2n) is 8.19. The molecule has 1 aliphatic heterocycles. The molecular weight excluding hydrogens is 284 g/mol. The Kier molecular flexibility index (Phi) is 4.77. The Hall–Kier alpha value is -1.35. The van der Waals surface area contributed by atoms with Gasteiger partial charge in [-0.3, -0.25) is 4.79 Å². The number of carbonyl (C=O) groups excluding carboxylic acids is 1. The molecule has 1 aromatic carbocycles. The highest BCUT2D eigenvalue weighted by atomic mass is 16.1. The number of carbonyl (C=O) groups is 1. The average molecular weight is 314 g/mol. The molecule has 1 unspecified atom stereocenters. The third-order valence-corrected chi connectivity index (χ3v) is 5.34. The highest BCUT2D eigenvalue weighted by Gasteiger charge is 2.27. The van der Waals surface area contributed by atoms with Crippen LogP contribution in [0.4, 0.5) is 0 Å². The topological polar surface area (TPSA) is 41.1 Å². The first-order chi connectivity index (χ1) is 10.9. The maximum Gasteiger partial charge on any atom is 0.223 e. The van der Waals surface area contributed by atoms with E-state index in [1.165, 1.54) is 36.0 Å². The van der Waals surface area contributed by atoms with Crippen molar-refractivity contribution in [3.05, 3.63) is 34.9 Å². The molecule has 0 spiro atoms. The lowest BCUT2D eigenvalue weighted by molar-refractivity contribution is -0.126. The van der Waals surface area contributed by atoms with E-state index in [-0.39, 0.29) is 23.3 Å². The lowest BCUT2D eigenvalue weighted by atomic mass is 9.83. The van der Waals surface area contributed by atoms with Gasteiger partial charge in [0, 0.05) is 19.0 Å². The minimum Gasteiger partial charge on any atom is -0.348 e. The normalized spacial score (nSPS) is 22.5. The van der Waals surface area contributed by atoms with Crippen LogP contribution >= 0.6 is 0 Å². The lowest BCUT2D eigenvalue weighted by Gasteiger charge is -2.31. The summed E-state index contributed by atoms with van der Waals surface area (Å²) >= 11 is 0. The van der Waals surface area contributed by atoms with E-state index < -0.39 is 0 Å². The zero-order valence-corrected chi connectivity index (χ0v) is 14.7. The number of hydrogen-bond acceptors (Lipinski definition) is 2. The van der Waals surface area contributed by atoms with Gasteiger partial charge >= 0.3 is 0 Å². The summed E-state index contributed by atoms with van der Waals surface area (Å²) in [5.41, 5.74) is 4.14. The minimum atomic E-state index is 0.113. The number of nitrogens with one attached hydrogen (secondary N) is 2. The lowest BCUT2D eigenvalue weighted by Crippen LogP contribution is -2.42. The van der Waals surface area contributed by atoms with Gasteiger partial charge in [-0.15, -0.1) is 0 Å². The molecule has 0 aromatic heterocycles. The third kappa shape index (κ3) is 3.77. The SMILES string of the molecule is CC(C)(C)c1ccc2c(c1)CNCC2NC(=O)C1CCCCC1. The van der Waals surface area contributed by atoms with E-state index >= 15 is 0 Å². The van der Waals surface area contributed by atoms with E-state index in [1.807, 2.05) is 0 Å². The van der Waals surface area contributed by atoms with Crippen LogP contribution in [-0.4, -0.2) is 12.5 Å². The number of hydrogen-bond donors (Lipinski definition) is 2. The predicted octanol–water partition coefficient (Wildman–Crippen LogP) is 3.82. The molecule has 3 rings (SSSR count). The Morgan fingerprint density at radius 3 is 2.61 bits per heavy atom. The summed E-state index contributed by atoms with van der Waals surface area (Å²) in [6.45, 7) is 8.46. The molecule has 1 amide bonds. The molecule has 2 N–H and O–H groups in total. The van der Waals surface area contributed by atoms with Crippen LogP contribution in [-0.2, 0) is 16.8 Å². The van der Waals surface area contributed by atoms with Gasteiger partial charge in [-0.25, -0.2) is 0 Å². The van der Waals surface area contributed by atoms with Crippen LogP contribution < -0.4 is 10.6 Å². The molecule has 3 heteroatoms. The van der Waals surface area contributed by atoms with E-state index in [2.05, 4.69) is 49.6 Å². The fourth-order valence-electron chi connectivity index (χ4n) is 3.81. The molecule has 1 heterocycles. The molecule has 1 saturated carbocycles. The Morgan fingerprint density at radius 2 is 1.91 bits per heavy atom. The minimum absolute atomic E-state index is 0.113. The van der Waals surface area contributed by atoms with Gasteiger partial charge in [-0.2, -0.15) is 0 Å². The zero-order chi connectivity index (χ0) is 16.4. The quantitative estimate of drug-likeness (QED) is 0.871. The number of rotatable bonds is 2. The van der Waals surface area contributed by atoms with Crippen molar-refractivity contribution in [3.8, 4) is 0 Å². The van der Waals surface area contributed by atoms with Gasteiger partial charge in [0.1, 0.15) is 0 Å². The van der Waals surface area contributed by atoms with Gasteiger partial charge in [-0.05, 0) is 34.9 Å².